The molecule has 0 saturated heterocycles. The molecule has 0 aliphatic rings. The lowest BCUT2D eigenvalue weighted by Gasteiger charge is -2.16. The number of oxazole rings is 2. The molecule has 0 unspecified atom stereocenters. The molecule has 3 aromatic heterocycles. The van der Waals surface area contributed by atoms with Crippen LogP contribution in [0.4, 0.5) is 5.69 Å². The summed E-state index contributed by atoms with van der Waals surface area (Å²) in [5.41, 5.74) is 12.9. The van der Waals surface area contributed by atoms with Crippen LogP contribution in [0.25, 0.3) is 99.7 Å². The van der Waals surface area contributed by atoms with Gasteiger partial charge in [0.1, 0.15) is 11.0 Å². The second-order valence-corrected chi connectivity index (χ2v) is 12.9. The van der Waals surface area contributed by atoms with Crippen LogP contribution in [0.2, 0.25) is 0 Å². The Hall–Kier alpha value is -7.74. The second-order valence-electron chi connectivity index (χ2n) is 12.9. The third kappa shape index (κ3) is 5.04. The van der Waals surface area contributed by atoms with Crippen molar-refractivity contribution in [2.75, 3.05) is 0 Å². The number of rotatable bonds is 5. The molecule has 0 bridgehead atoms. The molecular weight excluding hydrogens is 655 g/mol. The summed E-state index contributed by atoms with van der Waals surface area (Å²) < 4.78 is 14.7. The lowest BCUT2D eigenvalue weighted by atomic mass is 9.97. The van der Waals surface area contributed by atoms with Gasteiger partial charge in [-0.05, 0) is 95.6 Å². The van der Waals surface area contributed by atoms with Crippen LogP contribution in [-0.4, -0.2) is 14.5 Å². The summed E-state index contributed by atoms with van der Waals surface area (Å²) in [6, 6.07) is 52.2. The van der Waals surface area contributed by atoms with Crippen molar-refractivity contribution in [2.24, 2.45) is 0 Å². The van der Waals surface area contributed by atoms with Crippen molar-refractivity contribution < 1.29 is 8.83 Å². The Morgan fingerprint density at radius 1 is 0.547 bits per heavy atom. The molecule has 10 rings (SSSR count). The highest BCUT2D eigenvalue weighted by molar-refractivity contribution is 6.12. The van der Waals surface area contributed by atoms with E-state index in [1.54, 1.807) is 0 Å². The van der Waals surface area contributed by atoms with Gasteiger partial charge in [-0.25, -0.2) is 14.8 Å². The first kappa shape index (κ1) is 30.1. The Kier molecular flexibility index (Phi) is 6.79. The highest BCUT2D eigenvalue weighted by atomic mass is 16.4. The molecular formula is C46H25N5O2. The zero-order valence-electron chi connectivity index (χ0n) is 28.0. The fraction of sp³-hybridized carbons (Fsp3) is 0. The van der Waals surface area contributed by atoms with Gasteiger partial charge < -0.3 is 13.4 Å². The lowest BCUT2D eigenvalue weighted by Crippen LogP contribution is -1.98. The third-order valence-electron chi connectivity index (χ3n) is 9.74. The molecule has 53 heavy (non-hydrogen) atoms. The molecule has 246 valence electrons. The van der Waals surface area contributed by atoms with Crippen LogP contribution in [0.1, 0.15) is 5.56 Å². The van der Waals surface area contributed by atoms with Crippen LogP contribution in [0.5, 0.6) is 0 Å². The van der Waals surface area contributed by atoms with E-state index in [1.807, 2.05) is 97.1 Å². The summed E-state index contributed by atoms with van der Waals surface area (Å²) in [4.78, 5) is 13.2. The zero-order valence-corrected chi connectivity index (χ0v) is 28.0. The van der Waals surface area contributed by atoms with E-state index in [0.29, 0.717) is 23.0 Å². The molecule has 0 aliphatic carbocycles. The molecule has 0 aliphatic heterocycles. The molecule has 0 saturated carbocycles. The van der Waals surface area contributed by atoms with Crippen molar-refractivity contribution in [3.05, 3.63) is 169 Å². The van der Waals surface area contributed by atoms with E-state index < -0.39 is 0 Å². The maximum atomic E-state index is 9.54. The van der Waals surface area contributed by atoms with Crippen LogP contribution >= 0.6 is 0 Å². The summed E-state index contributed by atoms with van der Waals surface area (Å²) in [5.74, 6) is 1.10. The molecule has 0 amide bonds. The number of nitriles is 1. The van der Waals surface area contributed by atoms with Gasteiger partial charge in [0.2, 0.25) is 11.8 Å². The number of benzene rings is 7. The SMILES string of the molecule is [C-]#[N+]c1ccc(-c2ccc(-c3ccc(C#N)cc3)c(-n3c4ccc(-c5nc6ccccc6o5)cc4c4cc(-c5nc6ccccc6o5)ccc43)c2)cc1. The maximum absolute atomic E-state index is 9.54. The van der Waals surface area contributed by atoms with E-state index in [-0.39, 0.29) is 0 Å². The van der Waals surface area contributed by atoms with E-state index in [4.69, 9.17) is 25.4 Å². The van der Waals surface area contributed by atoms with Gasteiger partial charge in [0, 0.05) is 27.5 Å². The average molecular weight is 680 g/mol. The molecule has 7 aromatic carbocycles. The van der Waals surface area contributed by atoms with Crippen molar-refractivity contribution in [3.63, 3.8) is 0 Å². The van der Waals surface area contributed by atoms with Gasteiger partial charge in [0.15, 0.2) is 16.9 Å². The minimum atomic E-state index is 0.548. The fourth-order valence-corrected chi connectivity index (χ4v) is 7.13. The number of hydrogen-bond acceptors (Lipinski definition) is 5. The Morgan fingerprint density at radius 3 is 1.62 bits per heavy atom. The molecule has 0 spiro atoms. The topological polar surface area (TPSA) is 85.1 Å². The minimum absolute atomic E-state index is 0.548. The lowest BCUT2D eigenvalue weighted by molar-refractivity contribution is 0.619. The average Bonchev–Trinajstić information content (AvgIpc) is 3.94. The number of fused-ring (bicyclic) bond motifs is 5. The molecule has 10 aromatic rings. The van der Waals surface area contributed by atoms with Crippen LogP contribution in [0.3, 0.4) is 0 Å². The predicted octanol–water partition coefficient (Wildman–Crippen LogP) is 12.2. The molecule has 7 heteroatoms. The van der Waals surface area contributed by atoms with E-state index >= 15 is 0 Å². The summed E-state index contributed by atoms with van der Waals surface area (Å²) in [5, 5.41) is 11.6. The normalized spacial score (nSPS) is 11.4. The Bertz CT molecular complexity index is 2940. The van der Waals surface area contributed by atoms with Crippen LogP contribution in [0, 0.1) is 17.9 Å². The van der Waals surface area contributed by atoms with Gasteiger partial charge in [-0.3, -0.25) is 0 Å². The van der Waals surface area contributed by atoms with Crippen LogP contribution < -0.4 is 0 Å². The number of aromatic nitrogens is 3. The number of nitrogens with zero attached hydrogens (tertiary/aromatic N) is 5. The van der Waals surface area contributed by atoms with E-state index in [1.165, 1.54) is 0 Å². The summed E-state index contributed by atoms with van der Waals surface area (Å²) in [7, 11) is 0. The first-order chi connectivity index (χ1) is 26.1. The smallest absolute Gasteiger partial charge is 0.227 e. The van der Waals surface area contributed by atoms with Gasteiger partial charge in [0.05, 0.1) is 34.9 Å². The highest BCUT2D eigenvalue weighted by Gasteiger charge is 2.20. The highest BCUT2D eigenvalue weighted by Crippen LogP contribution is 2.41. The summed E-state index contributed by atoms with van der Waals surface area (Å²) in [6.07, 6.45) is 0. The standard InChI is InChI=1S/C46H25N5O2/c1-48-34-19-14-29(15-20-34)31-16-21-35(30-12-10-28(27-47)11-13-30)42(26-31)51-40-22-17-32(45-49-38-6-2-4-8-43(38)52-45)24-36(40)37-25-33(18-23-41(37)51)46-50-39-7-3-5-9-44(39)53-46/h2-26H. The fourth-order valence-electron chi connectivity index (χ4n) is 7.13. The van der Waals surface area contributed by atoms with Crippen LogP contribution in [-0.2, 0) is 0 Å². The van der Waals surface area contributed by atoms with E-state index in [0.717, 1.165) is 83.1 Å². The first-order valence-electron chi connectivity index (χ1n) is 17.1. The van der Waals surface area contributed by atoms with Gasteiger partial charge in [-0.2, -0.15) is 5.26 Å². The first-order valence-corrected chi connectivity index (χ1v) is 17.1. The third-order valence-corrected chi connectivity index (χ3v) is 9.74. The van der Waals surface area contributed by atoms with Gasteiger partial charge in [-0.1, -0.05) is 72.8 Å². The van der Waals surface area contributed by atoms with Crippen molar-refractivity contribution in [3.8, 4) is 56.9 Å². The van der Waals surface area contributed by atoms with Gasteiger partial charge in [-0.15, -0.1) is 0 Å². The number of hydrogen-bond donors (Lipinski definition) is 0. The van der Waals surface area contributed by atoms with Crippen molar-refractivity contribution in [1.82, 2.24) is 14.5 Å². The Labute approximate surface area is 303 Å². The molecule has 7 nitrogen and oxygen atoms in total. The molecule has 0 N–H and O–H groups in total. The predicted molar refractivity (Wildman–Crippen MR) is 209 cm³/mol. The van der Waals surface area contributed by atoms with E-state index in [9.17, 15) is 5.26 Å². The largest absolute Gasteiger partial charge is 0.436 e. The number of para-hydroxylation sites is 4. The summed E-state index contributed by atoms with van der Waals surface area (Å²) >= 11 is 0. The van der Waals surface area contributed by atoms with Gasteiger partial charge >= 0.3 is 0 Å². The monoisotopic (exact) mass is 679 g/mol. The molecule has 3 heterocycles. The van der Waals surface area contributed by atoms with Crippen LogP contribution in [0.15, 0.2) is 160 Å². The second kappa shape index (κ2) is 11.9. The Morgan fingerprint density at radius 2 is 1.08 bits per heavy atom. The van der Waals surface area contributed by atoms with Gasteiger partial charge in [0.25, 0.3) is 0 Å². The maximum Gasteiger partial charge on any atom is 0.227 e. The molecule has 0 fully saturated rings. The zero-order chi connectivity index (χ0) is 35.5. The summed E-state index contributed by atoms with van der Waals surface area (Å²) in [6.45, 7) is 7.43. The molecule has 0 atom stereocenters. The molecule has 0 radical (unpaired) electrons. The Balaban J connectivity index is 1.25. The van der Waals surface area contributed by atoms with Crippen molar-refractivity contribution in [2.45, 2.75) is 0 Å². The quantitative estimate of drug-likeness (QED) is 0.169. The van der Waals surface area contributed by atoms with Crippen molar-refractivity contribution >= 4 is 49.7 Å². The van der Waals surface area contributed by atoms with E-state index in [2.05, 4.69) is 70.1 Å². The minimum Gasteiger partial charge on any atom is -0.436 e. The van der Waals surface area contributed by atoms with Crippen molar-refractivity contribution in [1.29, 1.82) is 5.26 Å².